The second-order valence-electron chi connectivity index (χ2n) is 4.48. The van der Waals surface area contributed by atoms with Crippen molar-refractivity contribution in [3.05, 3.63) is 39.7 Å². The fourth-order valence-electron chi connectivity index (χ4n) is 2.16. The molecule has 102 valence electrons. The number of hydrogen-bond acceptors (Lipinski definition) is 4. The molecule has 1 fully saturated rings. The quantitative estimate of drug-likeness (QED) is 0.659. The summed E-state index contributed by atoms with van der Waals surface area (Å²) in [5, 5.41) is 14.0. The molecule has 1 unspecified atom stereocenters. The minimum atomic E-state index is -0.673. The molecule has 2 rings (SSSR count). The van der Waals surface area contributed by atoms with Crippen LogP contribution in [0.5, 0.6) is 0 Å². The van der Waals surface area contributed by atoms with Gasteiger partial charge in [0.1, 0.15) is 11.4 Å². The zero-order valence-electron chi connectivity index (χ0n) is 10.4. The van der Waals surface area contributed by atoms with Crippen LogP contribution in [0.2, 0.25) is 0 Å². The van der Waals surface area contributed by atoms with Gasteiger partial charge in [-0.1, -0.05) is 0 Å². The van der Waals surface area contributed by atoms with Crippen molar-refractivity contribution in [2.75, 3.05) is 20.1 Å². The van der Waals surface area contributed by atoms with Crippen LogP contribution in [0.15, 0.2) is 18.2 Å². The third kappa shape index (κ3) is 2.70. The zero-order chi connectivity index (χ0) is 14.0. The van der Waals surface area contributed by atoms with Crippen molar-refractivity contribution in [3.63, 3.8) is 0 Å². The molecule has 1 saturated heterocycles. The fourth-order valence-corrected chi connectivity index (χ4v) is 2.16. The number of carbonyl (C=O) groups is 1. The minimum absolute atomic E-state index is 0.0182. The predicted molar refractivity (Wildman–Crippen MR) is 66.4 cm³/mol. The van der Waals surface area contributed by atoms with Crippen LogP contribution in [0.25, 0.3) is 0 Å². The van der Waals surface area contributed by atoms with Crippen LogP contribution in [0, 0.1) is 15.9 Å². The molecule has 0 radical (unpaired) electrons. The Balaban J connectivity index is 2.31. The Labute approximate surface area is 109 Å². The van der Waals surface area contributed by atoms with Crippen molar-refractivity contribution in [1.29, 1.82) is 0 Å². The summed E-state index contributed by atoms with van der Waals surface area (Å²) in [6.07, 6.45) is 0.783. The molecule has 0 aromatic heterocycles. The molecule has 1 aromatic carbocycles. The summed E-state index contributed by atoms with van der Waals surface area (Å²) in [5.74, 6) is -1.19. The van der Waals surface area contributed by atoms with Crippen LogP contribution in [-0.4, -0.2) is 41.9 Å². The number of benzene rings is 1. The van der Waals surface area contributed by atoms with Crippen molar-refractivity contribution >= 4 is 11.6 Å². The van der Waals surface area contributed by atoms with Gasteiger partial charge in [0.15, 0.2) is 0 Å². The smallest absolute Gasteiger partial charge is 0.282 e. The molecule has 1 aliphatic rings. The van der Waals surface area contributed by atoms with Gasteiger partial charge in [0.05, 0.1) is 4.92 Å². The van der Waals surface area contributed by atoms with Crippen LogP contribution >= 0.6 is 0 Å². The highest BCUT2D eigenvalue weighted by Gasteiger charge is 2.28. The van der Waals surface area contributed by atoms with E-state index in [0.717, 1.165) is 31.2 Å². The summed E-state index contributed by atoms with van der Waals surface area (Å²) in [7, 11) is 1.58. The van der Waals surface area contributed by atoms with Crippen molar-refractivity contribution in [2.45, 2.75) is 12.5 Å². The molecule has 6 nitrogen and oxygen atoms in total. The van der Waals surface area contributed by atoms with Crippen LogP contribution in [0.4, 0.5) is 10.1 Å². The number of nitro groups is 1. The second-order valence-corrected chi connectivity index (χ2v) is 4.48. The summed E-state index contributed by atoms with van der Waals surface area (Å²) in [6, 6.07) is 2.89. The molecular formula is C12H14FN3O3. The van der Waals surface area contributed by atoms with E-state index in [1.165, 1.54) is 4.90 Å². The molecule has 1 N–H and O–H groups in total. The monoisotopic (exact) mass is 267 g/mol. The second kappa shape index (κ2) is 5.31. The largest absolute Gasteiger partial charge is 0.337 e. The highest BCUT2D eigenvalue weighted by atomic mass is 19.1. The van der Waals surface area contributed by atoms with Crippen LogP contribution in [-0.2, 0) is 0 Å². The van der Waals surface area contributed by atoms with Gasteiger partial charge in [0.2, 0.25) is 0 Å². The number of nitrogens with zero attached hydrogens (tertiary/aromatic N) is 2. The van der Waals surface area contributed by atoms with E-state index in [1.54, 1.807) is 7.05 Å². The normalized spacial score (nSPS) is 18.3. The van der Waals surface area contributed by atoms with E-state index in [1.807, 2.05) is 0 Å². The average Bonchev–Trinajstić information content (AvgIpc) is 2.90. The number of rotatable bonds is 3. The molecule has 7 heteroatoms. The van der Waals surface area contributed by atoms with Crippen LogP contribution in [0.3, 0.4) is 0 Å². The lowest BCUT2D eigenvalue weighted by Gasteiger charge is -2.23. The fraction of sp³-hybridized carbons (Fsp3) is 0.417. The Kier molecular flexibility index (Phi) is 3.75. The molecule has 0 aliphatic carbocycles. The topological polar surface area (TPSA) is 75.5 Å². The minimum Gasteiger partial charge on any atom is -0.337 e. The molecule has 0 spiro atoms. The highest BCUT2D eigenvalue weighted by Crippen LogP contribution is 2.22. The first-order chi connectivity index (χ1) is 9.00. The summed E-state index contributed by atoms with van der Waals surface area (Å²) in [4.78, 5) is 23.9. The lowest BCUT2D eigenvalue weighted by molar-refractivity contribution is -0.385. The van der Waals surface area contributed by atoms with Crippen LogP contribution in [0.1, 0.15) is 16.8 Å². The molecule has 1 atom stereocenters. The number of hydrogen-bond donors (Lipinski definition) is 1. The van der Waals surface area contributed by atoms with Crippen molar-refractivity contribution in [1.82, 2.24) is 10.2 Å². The Bertz CT molecular complexity index is 515. The molecule has 1 amide bonds. The van der Waals surface area contributed by atoms with Crippen molar-refractivity contribution in [3.8, 4) is 0 Å². The van der Waals surface area contributed by atoms with E-state index >= 15 is 0 Å². The van der Waals surface area contributed by atoms with Gasteiger partial charge in [-0.05, 0) is 25.1 Å². The zero-order valence-corrected chi connectivity index (χ0v) is 10.4. The molecule has 1 aromatic rings. The van der Waals surface area contributed by atoms with Gasteiger partial charge < -0.3 is 10.2 Å². The first-order valence-electron chi connectivity index (χ1n) is 5.92. The van der Waals surface area contributed by atoms with Gasteiger partial charge >= 0.3 is 0 Å². The van der Waals surface area contributed by atoms with Crippen molar-refractivity contribution in [2.24, 2.45) is 0 Å². The summed E-state index contributed by atoms with van der Waals surface area (Å²) in [5.41, 5.74) is -0.580. The predicted octanol–water partition coefficient (Wildman–Crippen LogP) is 1.17. The standard InChI is InChI=1S/C12H14FN3O3/c1-15(9-4-5-14-7-9)12(17)10-6-8(13)2-3-11(10)16(18)19/h2-3,6,9,14H,4-5,7H2,1H3. The van der Waals surface area contributed by atoms with Gasteiger partial charge in [-0.3, -0.25) is 14.9 Å². The Hall–Kier alpha value is -2.02. The number of nitrogens with one attached hydrogen (secondary N) is 1. The number of amides is 1. The van der Waals surface area contributed by atoms with E-state index < -0.39 is 16.6 Å². The first-order valence-corrected chi connectivity index (χ1v) is 5.92. The Morgan fingerprint density at radius 1 is 1.58 bits per heavy atom. The number of halogens is 1. The molecule has 0 bridgehead atoms. The summed E-state index contributed by atoms with van der Waals surface area (Å²) in [6.45, 7) is 1.44. The number of likely N-dealkylation sites (N-methyl/N-ethyl adjacent to an activating group) is 1. The summed E-state index contributed by atoms with van der Waals surface area (Å²) >= 11 is 0. The van der Waals surface area contributed by atoms with Gasteiger partial charge in [-0.2, -0.15) is 0 Å². The Morgan fingerprint density at radius 3 is 2.89 bits per heavy atom. The van der Waals surface area contributed by atoms with E-state index in [0.29, 0.717) is 6.54 Å². The van der Waals surface area contributed by atoms with E-state index in [9.17, 15) is 19.3 Å². The molecular weight excluding hydrogens is 253 g/mol. The maximum Gasteiger partial charge on any atom is 0.282 e. The third-order valence-corrected chi connectivity index (χ3v) is 3.29. The van der Waals surface area contributed by atoms with Crippen LogP contribution < -0.4 is 5.32 Å². The van der Waals surface area contributed by atoms with Gasteiger partial charge in [0.25, 0.3) is 11.6 Å². The molecule has 1 aliphatic heterocycles. The number of carbonyl (C=O) groups excluding carboxylic acids is 1. The van der Waals surface area contributed by atoms with Gasteiger partial charge in [0, 0.05) is 25.7 Å². The first kappa shape index (κ1) is 13.4. The third-order valence-electron chi connectivity index (χ3n) is 3.29. The maximum atomic E-state index is 13.2. The lowest BCUT2D eigenvalue weighted by Crippen LogP contribution is -2.38. The maximum absolute atomic E-state index is 13.2. The lowest BCUT2D eigenvalue weighted by atomic mass is 10.1. The SMILES string of the molecule is CN(C(=O)c1cc(F)ccc1[N+](=O)[O-])C1CCNC1. The van der Waals surface area contributed by atoms with Crippen molar-refractivity contribution < 1.29 is 14.1 Å². The molecule has 1 heterocycles. The van der Waals surface area contributed by atoms with Gasteiger partial charge in [-0.15, -0.1) is 0 Å². The van der Waals surface area contributed by atoms with E-state index in [2.05, 4.69) is 5.32 Å². The van der Waals surface area contributed by atoms with E-state index in [4.69, 9.17) is 0 Å². The average molecular weight is 267 g/mol. The Morgan fingerprint density at radius 2 is 2.32 bits per heavy atom. The molecule has 0 saturated carbocycles. The highest BCUT2D eigenvalue weighted by molar-refractivity contribution is 5.98. The molecule has 19 heavy (non-hydrogen) atoms. The number of nitro benzene ring substituents is 1. The van der Waals surface area contributed by atoms with Gasteiger partial charge in [-0.25, -0.2) is 4.39 Å². The summed E-state index contributed by atoms with van der Waals surface area (Å²) < 4.78 is 13.2. The van der Waals surface area contributed by atoms with E-state index in [-0.39, 0.29) is 17.3 Å².